The van der Waals surface area contributed by atoms with E-state index in [0.717, 1.165) is 18.2 Å². The van der Waals surface area contributed by atoms with Gasteiger partial charge in [-0.15, -0.1) is 0 Å². The fourth-order valence-electron chi connectivity index (χ4n) is 2.95. The third-order valence-electron chi connectivity index (χ3n) is 4.39. The summed E-state index contributed by atoms with van der Waals surface area (Å²) < 4.78 is 64.2. The third-order valence-corrected chi connectivity index (χ3v) is 6.57. The number of nitro benzene ring substituents is 1. The monoisotopic (exact) mass is 485 g/mol. The molecule has 0 aromatic heterocycles. The topological polar surface area (TPSA) is 228 Å². The van der Waals surface area contributed by atoms with Gasteiger partial charge < -0.3 is 19.9 Å². The summed E-state index contributed by atoms with van der Waals surface area (Å²) in [6, 6.07) is 7.19. The van der Waals surface area contributed by atoms with Gasteiger partial charge in [-0.25, -0.2) is 4.21 Å². The zero-order chi connectivity index (χ0) is 24.1. The smallest absolute Gasteiger partial charge is 0.294 e. The van der Waals surface area contributed by atoms with Crippen molar-refractivity contribution in [3.05, 3.63) is 52.6 Å². The third kappa shape index (κ3) is 4.56. The van der Waals surface area contributed by atoms with Crippen molar-refractivity contribution in [1.29, 1.82) is 0 Å². The molecule has 7 N–H and O–H groups in total. The Morgan fingerprint density at radius 2 is 1.75 bits per heavy atom. The molecular formula is C17H17N4O9S2-. The summed E-state index contributed by atoms with van der Waals surface area (Å²) in [5, 5.41) is 23.6. The molecule has 3 rings (SSSR count). The molecule has 172 valence electrons. The largest absolute Gasteiger partial charge is 0.872 e. The number of anilines is 3. The number of non-ortho nitro benzene ring substituents is 1. The summed E-state index contributed by atoms with van der Waals surface area (Å²) in [7, 11) is -10.1. The van der Waals surface area contributed by atoms with E-state index in [-0.39, 0.29) is 27.8 Å². The van der Waals surface area contributed by atoms with Crippen molar-refractivity contribution < 1.29 is 36.3 Å². The number of nitrogens with zero attached hydrogens (tertiary/aromatic N) is 1. The molecule has 15 heteroatoms. The minimum Gasteiger partial charge on any atom is -0.872 e. The molecule has 13 nitrogen and oxygen atoms in total. The number of nitrogens with two attached hydrogens (primary N) is 1. The highest BCUT2D eigenvalue weighted by molar-refractivity contribution is 8.09. The van der Waals surface area contributed by atoms with Crippen molar-refractivity contribution in [3.8, 4) is 5.75 Å². The van der Waals surface area contributed by atoms with E-state index in [1.54, 1.807) is 0 Å². The van der Waals surface area contributed by atoms with Gasteiger partial charge in [-0.2, -0.15) is 8.42 Å². The van der Waals surface area contributed by atoms with Gasteiger partial charge in [0.2, 0.25) is 0 Å². The van der Waals surface area contributed by atoms with Crippen LogP contribution in [0.3, 0.4) is 0 Å². The lowest BCUT2D eigenvalue weighted by atomic mass is 10.1. The van der Waals surface area contributed by atoms with Crippen molar-refractivity contribution in [1.82, 2.24) is 0 Å². The van der Waals surface area contributed by atoms with E-state index >= 15 is 0 Å². The van der Waals surface area contributed by atoms with Crippen molar-refractivity contribution in [2.75, 3.05) is 22.8 Å². The molecule has 0 atom stereocenters. The van der Waals surface area contributed by atoms with Gasteiger partial charge in [0.1, 0.15) is 9.63 Å². The number of nitro groups is 1. The van der Waals surface area contributed by atoms with E-state index in [9.17, 15) is 41.5 Å². The van der Waals surface area contributed by atoms with Gasteiger partial charge in [-0.05, 0) is 29.7 Å². The molecule has 0 aliphatic heterocycles. The summed E-state index contributed by atoms with van der Waals surface area (Å²) >= 11 is 0. The van der Waals surface area contributed by atoms with Gasteiger partial charge in [0.25, 0.3) is 15.8 Å². The molecule has 0 spiro atoms. The number of nitrogen functional groups attached to an aromatic ring is 1. The molecule has 0 saturated heterocycles. The normalized spacial score (nSPS) is 13.3. The summed E-state index contributed by atoms with van der Waals surface area (Å²) in [5.74, 6) is -0.808. The predicted octanol–water partition coefficient (Wildman–Crippen LogP) is 1.84. The Labute approximate surface area is 180 Å². The zero-order valence-corrected chi connectivity index (χ0v) is 17.8. The molecule has 0 bridgehead atoms. The predicted molar refractivity (Wildman–Crippen MR) is 116 cm³/mol. The first-order chi connectivity index (χ1) is 14.5. The van der Waals surface area contributed by atoms with Crippen molar-refractivity contribution >= 4 is 53.3 Å². The van der Waals surface area contributed by atoms with Gasteiger partial charge in [-0.3, -0.25) is 25.5 Å². The summed E-state index contributed by atoms with van der Waals surface area (Å²) in [4.78, 5) is 8.87. The molecule has 0 radical (unpaired) electrons. The molecule has 0 unspecified atom stereocenters. The number of hydrogen-bond acceptors (Lipinski definition) is 9. The maximum atomic E-state index is 12.5. The average molecular weight is 485 g/mol. The lowest BCUT2D eigenvalue weighted by molar-refractivity contribution is -0.385. The van der Waals surface area contributed by atoms with E-state index < -0.39 is 45.9 Å². The maximum absolute atomic E-state index is 12.5. The number of hydrazine groups is 1. The standard InChI is InChI=1S/C17H18N4O9S2/c1-32(28,29,30)15-7-10(21(23)24)3-5-13(15)19-20-17-12(18)4-2-9-6-11(31(25,26)27)8-14(22)16(9)17/h2-8,19-20,22H,18H2,1H3,(H,25,26,27)(H2,28,29,30)/p-1. The quantitative estimate of drug-likeness (QED) is 0.127. The molecule has 0 amide bonds. The van der Waals surface area contributed by atoms with Crippen LogP contribution in [0.25, 0.3) is 10.8 Å². The summed E-state index contributed by atoms with van der Waals surface area (Å²) in [5.41, 5.74) is 10.1. The lowest BCUT2D eigenvalue weighted by Gasteiger charge is -2.28. The van der Waals surface area contributed by atoms with Crippen molar-refractivity contribution in [2.24, 2.45) is 0 Å². The molecule has 32 heavy (non-hydrogen) atoms. The SMILES string of the molecule is CS(=O)(O)(O)c1cc([N+](=O)[O-])ccc1NNc1c(N)ccc2cc(S(=O)(=O)O)cc([O-])c12. The Bertz CT molecular complexity index is 1440. The van der Waals surface area contributed by atoms with Crippen LogP contribution in [0, 0.1) is 10.1 Å². The fourth-order valence-corrected chi connectivity index (χ4v) is 4.50. The molecule has 3 aromatic carbocycles. The molecule has 0 heterocycles. The first kappa shape index (κ1) is 23.2. The van der Waals surface area contributed by atoms with Gasteiger partial charge in [0.05, 0.1) is 31.8 Å². The van der Waals surface area contributed by atoms with Crippen LogP contribution in [0.4, 0.5) is 22.7 Å². The van der Waals surface area contributed by atoms with Crippen LogP contribution in [0.5, 0.6) is 5.75 Å². The van der Waals surface area contributed by atoms with Crippen LogP contribution in [-0.2, 0) is 19.7 Å². The number of rotatable bonds is 6. The Balaban J connectivity index is 2.12. The molecule has 0 fully saturated rings. The Hall–Kier alpha value is -3.50. The second kappa shape index (κ2) is 7.28. The van der Waals surface area contributed by atoms with Gasteiger partial charge in [0, 0.05) is 23.8 Å². The Morgan fingerprint density at radius 1 is 1.09 bits per heavy atom. The van der Waals surface area contributed by atoms with E-state index in [0.29, 0.717) is 18.4 Å². The van der Waals surface area contributed by atoms with Gasteiger partial charge in [0.15, 0.2) is 0 Å². The van der Waals surface area contributed by atoms with E-state index in [1.165, 1.54) is 12.1 Å². The van der Waals surface area contributed by atoms with Gasteiger partial charge >= 0.3 is 0 Å². The van der Waals surface area contributed by atoms with Crippen LogP contribution in [0.15, 0.2) is 52.3 Å². The summed E-state index contributed by atoms with van der Waals surface area (Å²) in [6.45, 7) is 0. The van der Waals surface area contributed by atoms with Crippen molar-refractivity contribution in [3.63, 3.8) is 0 Å². The molecule has 3 aromatic rings. The highest BCUT2D eigenvalue weighted by atomic mass is 32.3. The summed E-state index contributed by atoms with van der Waals surface area (Å²) in [6.07, 6.45) is 0.584. The number of fused-ring (bicyclic) bond motifs is 1. The van der Waals surface area contributed by atoms with Crippen LogP contribution in [0.2, 0.25) is 0 Å². The highest BCUT2D eigenvalue weighted by Crippen LogP contribution is 2.38. The van der Waals surface area contributed by atoms with Crippen LogP contribution in [0.1, 0.15) is 0 Å². The van der Waals surface area contributed by atoms with Crippen LogP contribution >= 0.6 is 0 Å². The second-order valence-electron chi connectivity index (χ2n) is 6.94. The lowest BCUT2D eigenvalue weighted by Crippen LogP contribution is -2.31. The number of nitrogens with one attached hydrogen (secondary N) is 2. The average Bonchev–Trinajstić information content (AvgIpc) is 2.65. The van der Waals surface area contributed by atoms with Crippen LogP contribution in [-0.4, -0.2) is 37.5 Å². The zero-order valence-electron chi connectivity index (χ0n) is 16.2. The minimum absolute atomic E-state index is 0.0207. The first-order valence-electron chi connectivity index (χ1n) is 8.50. The van der Waals surface area contributed by atoms with Crippen molar-refractivity contribution in [2.45, 2.75) is 9.79 Å². The first-order valence-corrected chi connectivity index (χ1v) is 12.2. The molecule has 0 aliphatic rings. The van der Waals surface area contributed by atoms with Gasteiger partial charge in [-0.1, -0.05) is 11.8 Å². The molecule has 0 aliphatic carbocycles. The van der Waals surface area contributed by atoms with E-state index in [2.05, 4.69) is 10.9 Å². The fraction of sp³-hybridized carbons (Fsp3) is 0.0588. The molecule has 0 saturated carbocycles. The number of benzene rings is 3. The van der Waals surface area contributed by atoms with E-state index in [1.807, 2.05) is 0 Å². The molecular weight excluding hydrogens is 468 g/mol. The Kier molecular flexibility index (Phi) is 5.27. The van der Waals surface area contributed by atoms with Crippen LogP contribution < -0.4 is 21.7 Å². The maximum Gasteiger partial charge on any atom is 0.294 e. The number of hydrogen-bond donors (Lipinski definition) is 6. The second-order valence-corrected chi connectivity index (χ2v) is 11.3. The highest BCUT2D eigenvalue weighted by Gasteiger charge is 2.31. The van der Waals surface area contributed by atoms with E-state index in [4.69, 9.17) is 5.73 Å². The Morgan fingerprint density at radius 3 is 2.31 bits per heavy atom. The minimum atomic E-state index is -5.45.